The lowest BCUT2D eigenvalue weighted by atomic mass is 10.1. The molecule has 1 aliphatic carbocycles. The Hall–Kier alpha value is -0.120. The Bertz CT molecular complexity index is 226. The fourth-order valence-electron chi connectivity index (χ4n) is 2.44. The van der Waals surface area contributed by atoms with E-state index in [-0.39, 0.29) is 5.60 Å². The number of hydrogen-bond acceptors (Lipinski definition) is 3. The zero-order valence-electron chi connectivity index (χ0n) is 11.0. The van der Waals surface area contributed by atoms with Gasteiger partial charge in [0.1, 0.15) is 0 Å². The second kappa shape index (κ2) is 5.03. The maximum Gasteiger partial charge on any atom is 0.0707 e. The predicted octanol–water partition coefficient (Wildman–Crippen LogP) is 1.63. The molecule has 0 aromatic rings. The van der Waals surface area contributed by atoms with Gasteiger partial charge in [-0.05, 0) is 46.6 Å². The lowest BCUT2D eigenvalue weighted by Crippen LogP contribution is -2.35. The number of nitrogens with one attached hydrogen (secondary N) is 1. The first-order valence-corrected chi connectivity index (χ1v) is 6.66. The molecule has 2 fully saturated rings. The van der Waals surface area contributed by atoms with Crippen LogP contribution in [0.25, 0.3) is 0 Å². The van der Waals surface area contributed by atoms with Crippen LogP contribution in [0.15, 0.2) is 0 Å². The Morgan fingerprint density at radius 1 is 1.31 bits per heavy atom. The molecule has 0 spiro atoms. The summed E-state index contributed by atoms with van der Waals surface area (Å²) in [6.45, 7) is 7.65. The smallest absolute Gasteiger partial charge is 0.0707 e. The SMILES string of the molecule is CN(CCNCC1CCC(C)(C)O1)C1CC1. The normalized spacial score (nSPS) is 28.9. The first kappa shape index (κ1) is 12.3. The highest BCUT2D eigenvalue weighted by atomic mass is 16.5. The molecule has 0 aromatic carbocycles. The number of rotatable bonds is 6. The topological polar surface area (TPSA) is 24.5 Å². The van der Waals surface area contributed by atoms with Crippen molar-refractivity contribution in [2.24, 2.45) is 0 Å². The predicted molar refractivity (Wildman–Crippen MR) is 66.7 cm³/mol. The molecule has 1 saturated carbocycles. The Morgan fingerprint density at radius 3 is 2.62 bits per heavy atom. The second-order valence-corrected chi connectivity index (χ2v) is 5.95. The Kier molecular flexibility index (Phi) is 3.88. The van der Waals surface area contributed by atoms with E-state index in [1.165, 1.54) is 32.2 Å². The van der Waals surface area contributed by atoms with Crippen molar-refractivity contribution in [3.63, 3.8) is 0 Å². The zero-order chi connectivity index (χ0) is 11.6. The van der Waals surface area contributed by atoms with Crippen molar-refractivity contribution in [3.05, 3.63) is 0 Å². The van der Waals surface area contributed by atoms with E-state index < -0.39 is 0 Å². The van der Waals surface area contributed by atoms with Gasteiger partial charge in [-0.25, -0.2) is 0 Å². The van der Waals surface area contributed by atoms with Crippen molar-refractivity contribution in [1.29, 1.82) is 0 Å². The highest BCUT2D eigenvalue weighted by molar-refractivity contribution is 4.84. The third-order valence-electron chi connectivity index (χ3n) is 3.74. The van der Waals surface area contributed by atoms with Crippen LogP contribution in [0.5, 0.6) is 0 Å². The molecule has 0 radical (unpaired) electrons. The summed E-state index contributed by atoms with van der Waals surface area (Å²) >= 11 is 0. The highest BCUT2D eigenvalue weighted by Crippen LogP contribution is 2.28. The molecule has 3 heteroatoms. The van der Waals surface area contributed by atoms with Crippen LogP contribution in [0, 0.1) is 0 Å². The van der Waals surface area contributed by atoms with Gasteiger partial charge in [-0.15, -0.1) is 0 Å². The van der Waals surface area contributed by atoms with E-state index in [4.69, 9.17) is 4.74 Å². The molecule has 1 unspecified atom stereocenters. The van der Waals surface area contributed by atoms with Crippen molar-refractivity contribution in [2.75, 3.05) is 26.7 Å². The van der Waals surface area contributed by atoms with E-state index in [0.717, 1.165) is 19.1 Å². The summed E-state index contributed by atoms with van der Waals surface area (Å²) in [7, 11) is 2.23. The minimum absolute atomic E-state index is 0.108. The van der Waals surface area contributed by atoms with Gasteiger partial charge in [0.25, 0.3) is 0 Å². The van der Waals surface area contributed by atoms with Crippen LogP contribution in [-0.4, -0.2) is 49.3 Å². The number of ether oxygens (including phenoxy) is 1. The lowest BCUT2D eigenvalue weighted by Gasteiger charge is -2.20. The van der Waals surface area contributed by atoms with Gasteiger partial charge in [-0.2, -0.15) is 0 Å². The molecule has 1 N–H and O–H groups in total. The summed E-state index contributed by atoms with van der Waals surface area (Å²) in [5, 5.41) is 3.51. The molecule has 1 heterocycles. The molecule has 2 aliphatic rings. The average Bonchev–Trinajstić information content (AvgIpc) is 2.99. The second-order valence-electron chi connectivity index (χ2n) is 5.95. The Labute approximate surface area is 99.5 Å². The average molecular weight is 226 g/mol. The quantitative estimate of drug-likeness (QED) is 0.697. The molecule has 1 atom stereocenters. The van der Waals surface area contributed by atoms with Gasteiger partial charge in [0.2, 0.25) is 0 Å². The number of nitrogens with zero attached hydrogens (tertiary/aromatic N) is 1. The van der Waals surface area contributed by atoms with Crippen molar-refractivity contribution >= 4 is 0 Å². The van der Waals surface area contributed by atoms with E-state index in [2.05, 4.69) is 31.1 Å². The van der Waals surface area contributed by atoms with Gasteiger partial charge >= 0.3 is 0 Å². The summed E-state index contributed by atoms with van der Waals surface area (Å²) in [5.74, 6) is 0. The molecule has 2 rings (SSSR count). The highest BCUT2D eigenvalue weighted by Gasteiger charge is 2.31. The molecule has 1 saturated heterocycles. The van der Waals surface area contributed by atoms with Crippen molar-refractivity contribution < 1.29 is 4.74 Å². The largest absolute Gasteiger partial charge is 0.371 e. The standard InChI is InChI=1S/C13H26N2O/c1-13(2)7-6-12(16-13)10-14-8-9-15(3)11-4-5-11/h11-12,14H,4-10H2,1-3H3. The number of hydrogen-bond donors (Lipinski definition) is 1. The Morgan fingerprint density at radius 2 is 2.06 bits per heavy atom. The van der Waals surface area contributed by atoms with Gasteiger partial charge in [0.15, 0.2) is 0 Å². The van der Waals surface area contributed by atoms with E-state index in [1.807, 2.05) is 0 Å². The zero-order valence-corrected chi connectivity index (χ0v) is 11.0. The Balaban J connectivity index is 1.51. The summed E-state index contributed by atoms with van der Waals surface area (Å²) in [6, 6.07) is 0.878. The minimum Gasteiger partial charge on any atom is -0.371 e. The van der Waals surface area contributed by atoms with Crippen LogP contribution >= 0.6 is 0 Å². The van der Waals surface area contributed by atoms with Crippen LogP contribution in [0.4, 0.5) is 0 Å². The maximum atomic E-state index is 5.94. The van der Waals surface area contributed by atoms with Crippen molar-refractivity contribution in [2.45, 2.75) is 57.3 Å². The molecule has 1 aliphatic heterocycles. The molecular formula is C13H26N2O. The lowest BCUT2D eigenvalue weighted by molar-refractivity contribution is -0.0142. The van der Waals surface area contributed by atoms with Gasteiger partial charge in [-0.3, -0.25) is 0 Å². The third kappa shape index (κ3) is 3.72. The molecule has 0 amide bonds. The maximum absolute atomic E-state index is 5.94. The van der Waals surface area contributed by atoms with Crippen LogP contribution in [0.1, 0.15) is 39.5 Å². The van der Waals surface area contributed by atoms with Crippen LogP contribution in [0.2, 0.25) is 0 Å². The van der Waals surface area contributed by atoms with Gasteiger partial charge in [0, 0.05) is 25.7 Å². The fraction of sp³-hybridized carbons (Fsp3) is 1.00. The van der Waals surface area contributed by atoms with E-state index >= 15 is 0 Å². The molecule has 3 nitrogen and oxygen atoms in total. The van der Waals surface area contributed by atoms with Crippen molar-refractivity contribution in [3.8, 4) is 0 Å². The van der Waals surface area contributed by atoms with E-state index in [1.54, 1.807) is 0 Å². The monoisotopic (exact) mass is 226 g/mol. The number of likely N-dealkylation sites (N-methyl/N-ethyl adjacent to an activating group) is 1. The van der Waals surface area contributed by atoms with Gasteiger partial charge in [0.05, 0.1) is 11.7 Å². The summed E-state index contributed by atoms with van der Waals surface area (Å²) in [4.78, 5) is 2.46. The molecule has 0 aromatic heterocycles. The van der Waals surface area contributed by atoms with E-state index in [9.17, 15) is 0 Å². The van der Waals surface area contributed by atoms with Crippen LogP contribution < -0.4 is 5.32 Å². The fourth-order valence-corrected chi connectivity index (χ4v) is 2.44. The third-order valence-corrected chi connectivity index (χ3v) is 3.74. The van der Waals surface area contributed by atoms with Gasteiger partial charge in [-0.1, -0.05) is 0 Å². The van der Waals surface area contributed by atoms with Crippen LogP contribution in [-0.2, 0) is 4.74 Å². The van der Waals surface area contributed by atoms with Crippen molar-refractivity contribution in [1.82, 2.24) is 10.2 Å². The molecule has 16 heavy (non-hydrogen) atoms. The summed E-state index contributed by atoms with van der Waals surface area (Å²) in [6.07, 6.45) is 5.63. The molecular weight excluding hydrogens is 200 g/mol. The van der Waals surface area contributed by atoms with Crippen LogP contribution in [0.3, 0.4) is 0 Å². The first-order valence-electron chi connectivity index (χ1n) is 6.66. The van der Waals surface area contributed by atoms with Gasteiger partial charge < -0.3 is 15.0 Å². The molecule has 0 bridgehead atoms. The minimum atomic E-state index is 0.108. The molecule has 94 valence electrons. The summed E-state index contributed by atoms with van der Waals surface area (Å²) < 4.78 is 5.94. The van der Waals surface area contributed by atoms with E-state index in [0.29, 0.717) is 6.10 Å². The first-order chi connectivity index (χ1) is 7.57. The summed E-state index contributed by atoms with van der Waals surface area (Å²) in [5.41, 5.74) is 0.108.